The zero-order valence-corrected chi connectivity index (χ0v) is 16.4. The highest BCUT2D eigenvalue weighted by Gasteiger charge is 2.24. The summed E-state index contributed by atoms with van der Waals surface area (Å²) >= 11 is 3.34. The maximum Gasteiger partial charge on any atom is 0.359 e. The fourth-order valence-corrected chi connectivity index (χ4v) is 2.78. The van der Waals surface area contributed by atoms with Gasteiger partial charge in [-0.25, -0.2) is 9.48 Å². The highest BCUT2D eigenvalue weighted by atomic mass is 79.9. The Morgan fingerprint density at radius 2 is 1.74 bits per heavy atom. The lowest BCUT2D eigenvalue weighted by molar-refractivity contribution is 0.0516. The largest absolute Gasteiger partial charge is 0.497 e. The fraction of sp³-hybridized carbons (Fsp3) is 0.150. The second kappa shape index (κ2) is 8.18. The van der Waals surface area contributed by atoms with Gasteiger partial charge in [-0.3, -0.25) is 4.79 Å². The van der Waals surface area contributed by atoms with Crippen molar-refractivity contribution in [2.45, 2.75) is 6.92 Å². The van der Waals surface area contributed by atoms with E-state index in [1.165, 1.54) is 4.68 Å². The van der Waals surface area contributed by atoms with Crippen LogP contribution in [0.15, 0.2) is 59.2 Å². The first-order chi connectivity index (χ1) is 13.0. The summed E-state index contributed by atoms with van der Waals surface area (Å²) in [7, 11) is 1.58. The number of ether oxygens (including phenoxy) is 2. The van der Waals surface area contributed by atoms with E-state index in [0.717, 1.165) is 4.47 Å². The van der Waals surface area contributed by atoms with Crippen LogP contribution in [-0.4, -0.2) is 35.2 Å². The molecule has 0 aliphatic heterocycles. The summed E-state index contributed by atoms with van der Waals surface area (Å²) in [5.74, 6) is -0.238. The van der Waals surface area contributed by atoms with Gasteiger partial charge < -0.3 is 9.47 Å². The van der Waals surface area contributed by atoms with Crippen LogP contribution in [0.4, 0.5) is 0 Å². The zero-order chi connectivity index (χ0) is 19.4. The third-order valence-electron chi connectivity index (χ3n) is 3.87. The average Bonchev–Trinajstić information content (AvgIpc) is 3.14. The molecule has 0 fully saturated rings. The summed E-state index contributed by atoms with van der Waals surface area (Å²) in [4.78, 5) is 25.3. The number of carbonyl (C=O) groups excluding carboxylic acids is 2. The molecule has 0 aliphatic rings. The number of carbonyl (C=O) groups is 2. The van der Waals surface area contributed by atoms with Gasteiger partial charge >= 0.3 is 5.97 Å². The van der Waals surface area contributed by atoms with E-state index in [2.05, 4.69) is 21.0 Å². The van der Waals surface area contributed by atoms with Crippen molar-refractivity contribution in [1.29, 1.82) is 0 Å². The van der Waals surface area contributed by atoms with Crippen LogP contribution in [0.2, 0.25) is 0 Å². The molecule has 0 amide bonds. The van der Waals surface area contributed by atoms with Crippen LogP contribution < -0.4 is 4.74 Å². The van der Waals surface area contributed by atoms with E-state index in [9.17, 15) is 9.59 Å². The SMILES string of the molecule is CCOC(=O)c1nn(-c2ccc(OC)cc2)cc1C(=O)c1ccc(Br)cc1. The van der Waals surface area contributed by atoms with Gasteiger partial charge in [-0.2, -0.15) is 5.10 Å². The number of benzene rings is 2. The van der Waals surface area contributed by atoms with E-state index in [-0.39, 0.29) is 23.6 Å². The van der Waals surface area contributed by atoms with Crippen LogP contribution in [0.3, 0.4) is 0 Å². The Kier molecular flexibility index (Phi) is 5.71. The normalized spacial score (nSPS) is 10.5. The molecule has 1 aromatic heterocycles. The number of rotatable bonds is 6. The lowest BCUT2D eigenvalue weighted by atomic mass is 10.0. The van der Waals surface area contributed by atoms with Crippen LogP contribution in [-0.2, 0) is 4.74 Å². The van der Waals surface area contributed by atoms with Crippen LogP contribution in [0.5, 0.6) is 5.75 Å². The molecule has 0 spiro atoms. The van der Waals surface area contributed by atoms with E-state index in [0.29, 0.717) is 17.0 Å². The minimum Gasteiger partial charge on any atom is -0.497 e. The van der Waals surface area contributed by atoms with Crippen molar-refractivity contribution >= 4 is 27.7 Å². The highest BCUT2D eigenvalue weighted by molar-refractivity contribution is 9.10. The fourth-order valence-electron chi connectivity index (χ4n) is 2.51. The Labute approximate surface area is 164 Å². The molecule has 0 aliphatic carbocycles. The maximum atomic E-state index is 12.9. The van der Waals surface area contributed by atoms with E-state index < -0.39 is 5.97 Å². The molecule has 27 heavy (non-hydrogen) atoms. The van der Waals surface area contributed by atoms with Gasteiger partial charge in [0.2, 0.25) is 0 Å². The standard InChI is InChI=1S/C20H17BrN2O4/c1-3-27-20(25)18-17(19(24)13-4-6-14(21)7-5-13)12-23(22-18)15-8-10-16(26-2)11-9-15/h4-12H,3H2,1-2H3. The predicted octanol–water partition coefficient (Wildman–Crippen LogP) is 4.05. The molecule has 0 radical (unpaired) electrons. The quantitative estimate of drug-likeness (QED) is 0.437. The van der Waals surface area contributed by atoms with Crippen molar-refractivity contribution in [3.05, 3.63) is 76.0 Å². The highest BCUT2D eigenvalue weighted by Crippen LogP contribution is 2.20. The number of methoxy groups -OCH3 is 1. The molecule has 0 bridgehead atoms. The van der Waals surface area contributed by atoms with Gasteiger partial charge in [0.1, 0.15) is 5.75 Å². The molecule has 0 saturated heterocycles. The molecule has 2 aromatic carbocycles. The minimum absolute atomic E-state index is 0.0133. The summed E-state index contributed by atoms with van der Waals surface area (Å²) in [5.41, 5.74) is 1.32. The zero-order valence-electron chi connectivity index (χ0n) is 14.8. The van der Waals surface area contributed by atoms with Gasteiger partial charge in [-0.15, -0.1) is 0 Å². The van der Waals surface area contributed by atoms with E-state index >= 15 is 0 Å². The van der Waals surface area contributed by atoms with Crippen molar-refractivity contribution in [1.82, 2.24) is 9.78 Å². The number of halogens is 1. The van der Waals surface area contributed by atoms with E-state index in [4.69, 9.17) is 9.47 Å². The van der Waals surface area contributed by atoms with Crippen molar-refractivity contribution < 1.29 is 19.1 Å². The Morgan fingerprint density at radius 3 is 2.33 bits per heavy atom. The van der Waals surface area contributed by atoms with Gasteiger partial charge in [0.25, 0.3) is 0 Å². The summed E-state index contributed by atoms with van der Waals surface area (Å²) < 4.78 is 12.6. The van der Waals surface area contributed by atoms with Gasteiger partial charge in [-0.1, -0.05) is 15.9 Å². The molecule has 0 saturated carbocycles. The second-order valence-corrected chi connectivity index (χ2v) is 6.51. The monoisotopic (exact) mass is 428 g/mol. The number of aromatic nitrogens is 2. The Hall–Kier alpha value is -2.93. The maximum absolute atomic E-state index is 12.9. The first-order valence-corrected chi connectivity index (χ1v) is 9.04. The van der Waals surface area contributed by atoms with Gasteiger partial charge in [0.05, 0.1) is 25.0 Å². The molecule has 6 nitrogen and oxygen atoms in total. The molecule has 7 heteroatoms. The second-order valence-electron chi connectivity index (χ2n) is 5.59. The van der Waals surface area contributed by atoms with Crippen molar-refractivity contribution in [3.8, 4) is 11.4 Å². The van der Waals surface area contributed by atoms with Crippen LogP contribution >= 0.6 is 15.9 Å². The number of ketones is 1. The third kappa shape index (κ3) is 4.09. The summed E-state index contributed by atoms with van der Waals surface area (Å²) in [6, 6.07) is 14.0. The van der Waals surface area contributed by atoms with Gasteiger partial charge in [-0.05, 0) is 55.5 Å². The Balaban J connectivity index is 2.04. The summed E-state index contributed by atoms with van der Waals surface area (Å²) in [6.07, 6.45) is 1.54. The first-order valence-electron chi connectivity index (χ1n) is 8.25. The molecular weight excluding hydrogens is 412 g/mol. The molecule has 138 valence electrons. The Morgan fingerprint density at radius 1 is 1.07 bits per heavy atom. The number of nitrogens with zero attached hydrogens (tertiary/aromatic N) is 2. The molecule has 0 N–H and O–H groups in total. The number of esters is 1. The molecule has 0 unspecified atom stereocenters. The Bertz CT molecular complexity index is 963. The van der Waals surface area contributed by atoms with Crippen LogP contribution in [0.1, 0.15) is 33.3 Å². The van der Waals surface area contributed by atoms with E-state index in [1.807, 2.05) is 0 Å². The molecule has 3 rings (SSSR count). The summed E-state index contributed by atoms with van der Waals surface area (Å²) in [6.45, 7) is 1.90. The molecule has 1 heterocycles. The lowest BCUT2D eigenvalue weighted by Gasteiger charge is -2.03. The third-order valence-corrected chi connectivity index (χ3v) is 4.40. The van der Waals surface area contributed by atoms with Crippen molar-refractivity contribution in [3.63, 3.8) is 0 Å². The van der Waals surface area contributed by atoms with Crippen molar-refractivity contribution in [2.24, 2.45) is 0 Å². The van der Waals surface area contributed by atoms with Crippen LogP contribution in [0, 0.1) is 0 Å². The topological polar surface area (TPSA) is 70.4 Å². The summed E-state index contributed by atoms with van der Waals surface area (Å²) in [5, 5.41) is 4.29. The predicted molar refractivity (Wildman–Crippen MR) is 104 cm³/mol. The molecule has 3 aromatic rings. The molecular formula is C20H17BrN2O4. The van der Waals surface area contributed by atoms with Gasteiger partial charge in [0.15, 0.2) is 11.5 Å². The van der Waals surface area contributed by atoms with E-state index in [1.54, 1.807) is 68.8 Å². The smallest absolute Gasteiger partial charge is 0.359 e. The molecule has 0 atom stereocenters. The lowest BCUT2D eigenvalue weighted by Crippen LogP contribution is -2.12. The van der Waals surface area contributed by atoms with Crippen LogP contribution in [0.25, 0.3) is 5.69 Å². The minimum atomic E-state index is -0.634. The average molecular weight is 429 g/mol. The number of hydrogen-bond donors (Lipinski definition) is 0. The number of hydrogen-bond acceptors (Lipinski definition) is 5. The van der Waals surface area contributed by atoms with Crippen molar-refractivity contribution in [2.75, 3.05) is 13.7 Å². The first kappa shape index (κ1) is 18.8. The van der Waals surface area contributed by atoms with Gasteiger partial charge in [0, 0.05) is 16.2 Å².